The van der Waals surface area contributed by atoms with E-state index in [4.69, 9.17) is 5.73 Å². The van der Waals surface area contributed by atoms with E-state index in [9.17, 15) is 9.59 Å². The van der Waals surface area contributed by atoms with Gasteiger partial charge in [0.05, 0.1) is 12.5 Å². The van der Waals surface area contributed by atoms with Crippen LogP contribution < -0.4 is 11.1 Å². The Kier molecular flexibility index (Phi) is 8.20. The molecular formula is C23H31N3O2. The number of carbonyl (C=O) groups is 2. The molecule has 0 bridgehead atoms. The summed E-state index contributed by atoms with van der Waals surface area (Å²) in [6.07, 6.45) is 0.961. The molecule has 0 saturated carbocycles. The molecule has 0 radical (unpaired) electrons. The predicted molar refractivity (Wildman–Crippen MR) is 113 cm³/mol. The molecule has 2 rings (SSSR count). The van der Waals surface area contributed by atoms with Crippen molar-refractivity contribution in [2.24, 2.45) is 11.7 Å². The minimum absolute atomic E-state index is 0.0156. The number of nitrogens with zero attached hydrogens (tertiary/aromatic N) is 1. The van der Waals surface area contributed by atoms with Crippen molar-refractivity contribution < 1.29 is 9.59 Å². The molecule has 2 aromatic rings. The summed E-state index contributed by atoms with van der Waals surface area (Å²) < 4.78 is 0. The summed E-state index contributed by atoms with van der Waals surface area (Å²) in [5, 5.41) is 3.01. The van der Waals surface area contributed by atoms with E-state index in [1.54, 1.807) is 24.1 Å². The highest BCUT2D eigenvalue weighted by atomic mass is 16.2. The van der Waals surface area contributed by atoms with E-state index >= 15 is 0 Å². The van der Waals surface area contributed by atoms with Crippen molar-refractivity contribution in [3.8, 4) is 0 Å². The molecule has 0 saturated heterocycles. The maximum absolute atomic E-state index is 12.8. The molecule has 0 aliphatic carbocycles. The van der Waals surface area contributed by atoms with Crippen LogP contribution in [0.4, 0.5) is 0 Å². The minimum Gasteiger partial charge on any atom is -0.346 e. The van der Waals surface area contributed by atoms with E-state index < -0.39 is 0 Å². The molecule has 2 amide bonds. The Morgan fingerprint density at radius 2 is 1.57 bits per heavy atom. The third-order valence-corrected chi connectivity index (χ3v) is 5.00. The largest absolute Gasteiger partial charge is 0.346 e. The second-order valence-electron chi connectivity index (χ2n) is 7.52. The highest BCUT2D eigenvalue weighted by Crippen LogP contribution is 2.19. The Bertz CT molecular complexity index is 747. The quantitative estimate of drug-likeness (QED) is 0.699. The second kappa shape index (κ2) is 10.6. The average molecular weight is 382 g/mol. The monoisotopic (exact) mass is 381 g/mol. The highest BCUT2D eigenvalue weighted by molar-refractivity contribution is 5.94. The van der Waals surface area contributed by atoms with Gasteiger partial charge < -0.3 is 16.0 Å². The SMILES string of the molecule is CC(C)C(N)CCN(C)C(=O)CC(NC(=O)c1ccccc1)c1ccccc1. The molecule has 0 aliphatic heterocycles. The van der Waals surface area contributed by atoms with Crippen LogP contribution in [0.1, 0.15) is 48.7 Å². The summed E-state index contributed by atoms with van der Waals surface area (Å²) in [7, 11) is 1.79. The standard InChI is InChI=1S/C23H31N3O2/c1-17(2)20(24)14-15-26(3)22(27)16-21(18-10-6-4-7-11-18)25-23(28)19-12-8-5-9-13-19/h4-13,17,20-21H,14-16,24H2,1-3H3,(H,25,28). The topological polar surface area (TPSA) is 75.4 Å². The average Bonchev–Trinajstić information content (AvgIpc) is 2.72. The van der Waals surface area contributed by atoms with Gasteiger partial charge in [-0.3, -0.25) is 9.59 Å². The molecule has 2 atom stereocenters. The van der Waals surface area contributed by atoms with Crippen molar-refractivity contribution in [1.29, 1.82) is 0 Å². The Morgan fingerprint density at radius 3 is 2.14 bits per heavy atom. The molecule has 2 unspecified atom stereocenters. The van der Waals surface area contributed by atoms with E-state index in [-0.39, 0.29) is 30.3 Å². The van der Waals surface area contributed by atoms with Crippen molar-refractivity contribution in [3.63, 3.8) is 0 Å². The molecule has 0 spiro atoms. The van der Waals surface area contributed by atoms with Crippen LogP contribution in [0.2, 0.25) is 0 Å². The lowest BCUT2D eigenvalue weighted by molar-refractivity contribution is -0.130. The zero-order valence-electron chi connectivity index (χ0n) is 17.0. The fourth-order valence-corrected chi connectivity index (χ4v) is 2.90. The third kappa shape index (κ3) is 6.50. The molecule has 0 aromatic heterocycles. The number of carbonyl (C=O) groups excluding carboxylic acids is 2. The van der Waals surface area contributed by atoms with Gasteiger partial charge in [-0.15, -0.1) is 0 Å². The number of rotatable bonds is 9. The first kappa shape index (κ1) is 21.6. The highest BCUT2D eigenvalue weighted by Gasteiger charge is 2.21. The normalized spacial score (nSPS) is 13.0. The number of hydrogen-bond acceptors (Lipinski definition) is 3. The van der Waals surface area contributed by atoms with Crippen molar-refractivity contribution in [1.82, 2.24) is 10.2 Å². The van der Waals surface area contributed by atoms with Crippen LogP contribution in [0.25, 0.3) is 0 Å². The van der Waals surface area contributed by atoms with Gasteiger partial charge in [-0.1, -0.05) is 62.4 Å². The lowest BCUT2D eigenvalue weighted by Gasteiger charge is -2.25. The molecule has 0 aliphatic rings. The molecule has 0 heterocycles. The van der Waals surface area contributed by atoms with E-state index in [1.165, 1.54) is 0 Å². The smallest absolute Gasteiger partial charge is 0.251 e. The maximum Gasteiger partial charge on any atom is 0.251 e. The van der Waals surface area contributed by atoms with Crippen molar-refractivity contribution in [2.45, 2.75) is 38.8 Å². The number of benzene rings is 2. The molecule has 150 valence electrons. The van der Waals surface area contributed by atoms with E-state index in [0.717, 1.165) is 12.0 Å². The van der Waals surface area contributed by atoms with E-state index in [1.807, 2.05) is 48.5 Å². The molecule has 5 heteroatoms. The number of nitrogens with one attached hydrogen (secondary N) is 1. The van der Waals surface area contributed by atoms with E-state index in [0.29, 0.717) is 18.0 Å². The van der Waals surface area contributed by atoms with Crippen LogP contribution in [0.3, 0.4) is 0 Å². The van der Waals surface area contributed by atoms with Gasteiger partial charge in [-0.25, -0.2) is 0 Å². The van der Waals surface area contributed by atoms with Gasteiger partial charge in [0.1, 0.15) is 0 Å². The Hall–Kier alpha value is -2.66. The summed E-state index contributed by atoms with van der Waals surface area (Å²) in [5.74, 6) is 0.177. The molecule has 5 nitrogen and oxygen atoms in total. The Balaban J connectivity index is 2.05. The summed E-state index contributed by atoms with van der Waals surface area (Å²) in [6.45, 7) is 4.76. The Morgan fingerprint density at radius 1 is 1.00 bits per heavy atom. The summed E-state index contributed by atoms with van der Waals surface area (Å²) in [4.78, 5) is 27.1. The zero-order valence-corrected chi connectivity index (χ0v) is 17.0. The maximum atomic E-state index is 12.8. The third-order valence-electron chi connectivity index (χ3n) is 5.00. The van der Waals surface area contributed by atoms with E-state index in [2.05, 4.69) is 19.2 Å². The van der Waals surface area contributed by atoms with Crippen LogP contribution in [-0.4, -0.2) is 36.3 Å². The lowest BCUT2D eigenvalue weighted by atomic mass is 10.0. The number of nitrogens with two attached hydrogens (primary N) is 1. The van der Waals surface area contributed by atoms with Crippen LogP contribution in [0.5, 0.6) is 0 Å². The van der Waals surface area contributed by atoms with Crippen LogP contribution >= 0.6 is 0 Å². The fraction of sp³-hybridized carbons (Fsp3) is 0.391. The van der Waals surface area contributed by atoms with Crippen molar-refractivity contribution >= 4 is 11.8 Å². The van der Waals surface area contributed by atoms with Gasteiger partial charge >= 0.3 is 0 Å². The van der Waals surface area contributed by atoms with Gasteiger partial charge in [-0.2, -0.15) is 0 Å². The van der Waals surface area contributed by atoms with Gasteiger partial charge in [0, 0.05) is 25.2 Å². The number of hydrogen-bond donors (Lipinski definition) is 2. The first-order valence-electron chi connectivity index (χ1n) is 9.79. The summed E-state index contributed by atoms with van der Waals surface area (Å²) in [5.41, 5.74) is 7.58. The Labute approximate surface area is 167 Å². The van der Waals surface area contributed by atoms with Crippen LogP contribution in [0, 0.1) is 5.92 Å². The minimum atomic E-state index is -0.386. The predicted octanol–water partition coefficient (Wildman–Crippen LogP) is 3.38. The van der Waals surface area contributed by atoms with Gasteiger partial charge in [-0.05, 0) is 30.0 Å². The van der Waals surface area contributed by atoms with Gasteiger partial charge in [0.15, 0.2) is 0 Å². The molecular weight excluding hydrogens is 350 g/mol. The summed E-state index contributed by atoms with van der Waals surface area (Å²) >= 11 is 0. The zero-order chi connectivity index (χ0) is 20.5. The van der Waals surface area contributed by atoms with Crippen LogP contribution in [-0.2, 0) is 4.79 Å². The molecule has 28 heavy (non-hydrogen) atoms. The van der Waals surface area contributed by atoms with Gasteiger partial charge in [0.25, 0.3) is 5.91 Å². The van der Waals surface area contributed by atoms with Crippen molar-refractivity contribution in [3.05, 3.63) is 71.8 Å². The first-order chi connectivity index (χ1) is 13.4. The van der Waals surface area contributed by atoms with Crippen LogP contribution in [0.15, 0.2) is 60.7 Å². The molecule has 0 fully saturated rings. The summed E-state index contributed by atoms with van der Waals surface area (Å²) in [6, 6.07) is 18.3. The molecule has 3 N–H and O–H groups in total. The van der Waals surface area contributed by atoms with Gasteiger partial charge in [0.2, 0.25) is 5.91 Å². The fourth-order valence-electron chi connectivity index (χ4n) is 2.90. The second-order valence-corrected chi connectivity index (χ2v) is 7.52. The molecule has 2 aromatic carbocycles. The first-order valence-corrected chi connectivity index (χ1v) is 9.79. The number of amides is 2. The lowest BCUT2D eigenvalue weighted by Crippen LogP contribution is -2.37. The van der Waals surface area contributed by atoms with Crippen molar-refractivity contribution in [2.75, 3.05) is 13.6 Å².